The molecular weight excluding hydrogens is 344 g/mol. The molecule has 1 aromatic heterocycles. The third kappa shape index (κ3) is 3.17. The van der Waals surface area contributed by atoms with Crippen LogP contribution in [0, 0.1) is 0 Å². The molecule has 1 amide bonds. The summed E-state index contributed by atoms with van der Waals surface area (Å²) in [6.45, 7) is 1.77. The number of carboxylic acid groups (broad SMARTS) is 1. The first-order chi connectivity index (χ1) is 11.9. The molecule has 1 aromatic rings. The van der Waals surface area contributed by atoms with Crippen LogP contribution in [0.3, 0.4) is 0 Å². The van der Waals surface area contributed by atoms with Crippen LogP contribution >= 0.6 is 11.6 Å². The van der Waals surface area contributed by atoms with Crippen molar-refractivity contribution in [1.29, 1.82) is 0 Å². The van der Waals surface area contributed by atoms with Crippen LogP contribution < -0.4 is 0 Å². The molecule has 130 valence electrons. The van der Waals surface area contributed by atoms with Crippen molar-refractivity contribution in [1.82, 2.24) is 9.88 Å². The van der Waals surface area contributed by atoms with Gasteiger partial charge in [0.1, 0.15) is 10.9 Å². The number of nitrogens with zero attached hydrogens (tertiary/aromatic N) is 2. The summed E-state index contributed by atoms with van der Waals surface area (Å²) in [5.74, 6) is -0.499. The van der Waals surface area contributed by atoms with Crippen LogP contribution in [0.5, 0.6) is 0 Å². The predicted octanol–water partition coefficient (Wildman–Crippen LogP) is 3.17. The van der Waals surface area contributed by atoms with Crippen LogP contribution in [0.4, 0.5) is 0 Å². The zero-order valence-electron chi connectivity index (χ0n) is 13.8. The monoisotopic (exact) mass is 360 g/mol. The predicted molar refractivity (Wildman–Crippen MR) is 91.9 cm³/mol. The summed E-state index contributed by atoms with van der Waals surface area (Å²) in [4.78, 5) is 29.9. The third-order valence-electron chi connectivity index (χ3n) is 4.41. The molecule has 3 rings (SSSR count). The number of amides is 1. The van der Waals surface area contributed by atoms with E-state index in [1.165, 1.54) is 6.20 Å². The fourth-order valence-corrected chi connectivity index (χ4v) is 3.35. The van der Waals surface area contributed by atoms with Gasteiger partial charge in [0.15, 0.2) is 0 Å². The lowest BCUT2D eigenvalue weighted by molar-refractivity contribution is -0.136. The number of pyridine rings is 1. The number of fused-ring (bicyclic) bond motifs is 1. The quantitative estimate of drug-likeness (QED) is 0.834. The van der Waals surface area contributed by atoms with E-state index >= 15 is 0 Å². The Kier molecular flexibility index (Phi) is 4.63. The largest absolute Gasteiger partial charge is 0.497 e. The SMILES string of the molecule is COC1=CCC2C(=C1)C(CC(=O)O)=C(C)N2C(=O)c1ccc(Cl)nc1. The van der Waals surface area contributed by atoms with Crippen molar-refractivity contribution >= 4 is 23.5 Å². The van der Waals surface area contributed by atoms with Crippen LogP contribution in [-0.4, -0.2) is 40.0 Å². The lowest BCUT2D eigenvalue weighted by atomic mass is 9.92. The van der Waals surface area contributed by atoms with E-state index in [9.17, 15) is 14.7 Å². The molecule has 0 radical (unpaired) electrons. The van der Waals surface area contributed by atoms with Crippen molar-refractivity contribution in [2.24, 2.45) is 0 Å². The Morgan fingerprint density at radius 1 is 1.44 bits per heavy atom. The van der Waals surface area contributed by atoms with Gasteiger partial charge in [-0.05, 0) is 48.8 Å². The average Bonchev–Trinajstić information content (AvgIpc) is 2.86. The van der Waals surface area contributed by atoms with Crippen molar-refractivity contribution in [2.45, 2.75) is 25.8 Å². The van der Waals surface area contributed by atoms with Crippen molar-refractivity contribution in [3.05, 3.63) is 63.8 Å². The lowest BCUT2D eigenvalue weighted by Crippen LogP contribution is -2.36. The summed E-state index contributed by atoms with van der Waals surface area (Å²) in [6.07, 6.45) is 5.54. The summed E-state index contributed by atoms with van der Waals surface area (Å²) >= 11 is 5.79. The second-order valence-electron chi connectivity index (χ2n) is 5.84. The molecule has 1 aliphatic carbocycles. The Bertz CT molecular complexity index is 824. The van der Waals surface area contributed by atoms with Crippen molar-refractivity contribution in [2.75, 3.05) is 7.11 Å². The molecular formula is C18H17ClN2O4. The molecule has 2 heterocycles. The zero-order valence-corrected chi connectivity index (χ0v) is 14.6. The maximum Gasteiger partial charge on any atom is 0.307 e. The van der Waals surface area contributed by atoms with E-state index in [1.54, 1.807) is 31.1 Å². The number of aliphatic carboxylic acids is 1. The molecule has 0 spiro atoms. The Labute approximate surface area is 150 Å². The molecule has 6 nitrogen and oxygen atoms in total. The lowest BCUT2D eigenvalue weighted by Gasteiger charge is -2.28. The van der Waals surface area contributed by atoms with E-state index in [4.69, 9.17) is 16.3 Å². The van der Waals surface area contributed by atoms with Gasteiger partial charge >= 0.3 is 5.97 Å². The highest BCUT2D eigenvalue weighted by Gasteiger charge is 2.39. The Hall–Kier alpha value is -2.60. The standard InChI is InChI=1S/C18H17ClN2O4/c1-10-13(8-17(22)23)14-7-12(25-2)4-5-15(14)21(10)18(24)11-3-6-16(19)20-9-11/h3-4,6-7,9,15H,5,8H2,1-2H3,(H,22,23). The number of ether oxygens (including phenoxy) is 1. The summed E-state index contributed by atoms with van der Waals surface area (Å²) in [6, 6.07) is 2.93. The van der Waals surface area contributed by atoms with Crippen molar-refractivity contribution < 1.29 is 19.4 Å². The minimum Gasteiger partial charge on any atom is -0.497 e. The van der Waals surface area contributed by atoms with Crippen LogP contribution in [0.15, 0.2) is 53.1 Å². The Balaban J connectivity index is 2.02. The van der Waals surface area contributed by atoms with Gasteiger partial charge in [0.2, 0.25) is 0 Å². The molecule has 0 saturated heterocycles. The van der Waals surface area contributed by atoms with E-state index in [1.807, 2.05) is 12.2 Å². The van der Waals surface area contributed by atoms with Crippen LogP contribution in [0.25, 0.3) is 0 Å². The molecule has 0 saturated carbocycles. The first-order valence-corrected chi connectivity index (χ1v) is 8.13. The number of hydrogen-bond acceptors (Lipinski definition) is 4. The van der Waals surface area contributed by atoms with Gasteiger partial charge in [0.05, 0.1) is 25.1 Å². The third-order valence-corrected chi connectivity index (χ3v) is 4.64. The van der Waals surface area contributed by atoms with E-state index in [2.05, 4.69) is 4.98 Å². The number of aromatic nitrogens is 1. The highest BCUT2D eigenvalue weighted by molar-refractivity contribution is 6.29. The van der Waals surface area contributed by atoms with Gasteiger partial charge in [-0.2, -0.15) is 0 Å². The maximum absolute atomic E-state index is 13.0. The normalized spacial score (nSPS) is 19.3. The van der Waals surface area contributed by atoms with E-state index in [0.717, 1.165) is 5.57 Å². The van der Waals surface area contributed by atoms with Gasteiger partial charge in [-0.25, -0.2) is 4.98 Å². The van der Waals surface area contributed by atoms with Crippen LogP contribution in [-0.2, 0) is 9.53 Å². The summed E-state index contributed by atoms with van der Waals surface area (Å²) in [5, 5.41) is 9.55. The molecule has 7 heteroatoms. The van der Waals surface area contributed by atoms with E-state index in [0.29, 0.717) is 34.2 Å². The highest BCUT2D eigenvalue weighted by Crippen LogP contribution is 2.41. The number of carboxylic acids is 1. The summed E-state index contributed by atoms with van der Waals surface area (Å²) in [7, 11) is 1.56. The number of hydrogen-bond donors (Lipinski definition) is 1. The van der Waals surface area contributed by atoms with Crippen LogP contribution in [0.1, 0.15) is 30.1 Å². The van der Waals surface area contributed by atoms with Gasteiger partial charge < -0.3 is 14.7 Å². The number of carbonyl (C=O) groups is 2. The smallest absolute Gasteiger partial charge is 0.307 e. The minimum atomic E-state index is -0.940. The summed E-state index contributed by atoms with van der Waals surface area (Å²) in [5.41, 5.74) is 2.51. The zero-order chi connectivity index (χ0) is 18.1. The molecule has 0 aromatic carbocycles. The first kappa shape index (κ1) is 17.2. The highest BCUT2D eigenvalue weighted by atomic mass is 35.5. The van der Waals surface area contributed by atoms with Gasteiger partial charge in [-0.15, -0.1) is 0 Å². The fourth-order valence-electron chi connectivity index (χ4n) is 3.24. The molecule has 2 aliphatic rings. The molecule has 1 atom stereocenters. The molecule has 25 heavy (non-hydrogen) atoms. The molecule has 1 aliphatic heterocycles. The molecule has 1 unspecified atom stereocenters. The minimum absolute atomic E-state index is 0.145. The fraction of sp³-hybridized carbons (Fsp3) is 0.278. The van der Waals surface area contributed by atoms with Gasteiger partial charge in [0, 0.05) is 11.9 Å². The van der Waals surface area contributed by atoms with Gasteiger partial charge in [-0.1, -0.05) is 11.6 Å². The Morgan fingerprint density at radius 3 is 2.80 bits per heavy atom. The van der Waals surface area contributed by atoms with Crippen LogP contribution in [0.2, 0.25) is 5.15 Å². The van der Waals surface area contributed by atoms with Gasteiger partial charge in [-0.3, -0.25) is 9.59 Å². The second kappa shape index (κ2) is 6.72. The first-order valence-electron chi connectivity index (χ1n) is 7.75. The topological polar surface area (TPSA) is 79.7 Å². The molecule has 1 N–H and O–H groups in total. The van der Waals surface area contributed by atoms with Crippen molar-refractivity contribution in [3.8, 4) is 0 Å². The van der Waals surface area contributed by atoms with Crippen molar-refractivity contribution in [3.63, 3.8) is 0 Å². The number of methoxy groups -OCH3 is 1. The number of rotatable bonds is 4. The second-order valence-corrected chi connectivity index (χ2v) is 6.23. The number of allylic oxidation sites excluding steroid dienone is 2. The summed E-state index contributed by atoms with van der Waals surface area (Å²) < 4.78 is 5.27. The average molecular weight is 361 g/mol. The van der Waals surface area contributed by atoms with Gasteiger partial charge in [0.25, 0.3) is 5.91 Å². The molecule has 0 bridgehead atoms. The molecule has 0 fully saturated rings. The number of halogens is 1. The Morgan fingerprint density at radius 2 is 2.20 bits per heavy atom. The van der Waals surface area contributed by atoms with E-state index in [-0.39, 0.29) is 18.4 Å². The van der Waals surface area contributed by atoms with E-state index < -0.39 is 5.97 Å². The number of carbonyl (C=O) groups excluding carboxylic acids is 1. The maximum atomic E-state index is 13.0.